The summed E-state index contributed by atoms with van der Waals surface area (Å²) in [6.07, 6.45) is 12.9. The Labute approximate surface area is 218 Å². The van der Waals surface area contributed by atoms with Crippen LogP contribution < -0.4 is 0 Å². The third-order valence-corrected chi connectivity index (χ3v) is 11.0. The van der Waals surface area contributed by atoms with Crippen molar-refractivity contribution in [3.63, 3.8) is 0 Å². The van der Waals surface area contributed by atoms with Crippen molar-refractivity contribution >= 4 is 11.9 Å². The van der Waals surface area contributed by atoms with Crippen LogP contribution in [0.25, 0.3) is 0 Å². The lowest BCUT2D eigenvalue weighted by molar-refractivity contribution is -0.153. The van der Waals surface area contributed by atoms with Gasteiger partial charge in [0.05, 0.1) is 5.60 Å². The maximum absolute atomic E-state index is 12.0. The van der Waals surface area contributed by atoms with E-state index < -0.39 is 5.60 Å². The molecule has 0 amide bonds. The summed E-state index contributed by atoms with van der Waals surface area (Å²) in [5.41, 5.74) is 1.28. The zero-order valence-corrected chi connectivity index (χ0v) is 23.8. The quantitative estimate of drug-likeness (QED) is 0.313. The van der Waals surface area contributed by atoms with Gasteiger partial charge in [0.25, 0.3) is 0 Å². The molecule has 4 rings (SSSR count). The summed E-state index contributed by atoms with van der Waals surface area (Å²) in [6, 6.07) is 0. The Hall–Kier alpha value is -1.36. The molecule has 0 aromatic carbocycles. The second-order valence-corrected chi connectivity index (χ2v) is 13.8. The first kappa shape index (κ1) is 27.7. The van der Waals surface area contributed by atoms with Crippen molar-refractivity contribution in [2.75, 3.05) is 0 Å². The van der Waals surface area contributed by atoms with Gasteiger partial charge in [0, 0.05) is 20.3 Å². The van der Waals surface area contributed by atoms with Gasteiger partial charge in [0.1, 0.15) is 12.2 Å². The van der Waals surface area contributed by atoms with Crippen LogP contribution in [0.5, 0.6) is 0 Å². The number of esters is 2. The van der Waals surface area contributed by atoms with Crippen LogP contribution in [0.2, 0.25) is 0 Å². The monoisotopic (exact) mass is 502 g/mol. The molecule has 2 unspecified atom stereocenters. The normalized spacial score (nSPS) is 39.7. The van der Waals surface area contributed by atoms with Crippen LogP contribution in [0.3, 0.4) is 0 Å². The van der Waals surface area contributed by atoms with Gasteiger partial charge >= 0.3 is 11.9 Å². The van der Waals surface area contributed by atoms with Crippen LogP contribution in [-0.4, -0.2) is 34.9 Å². The first-order chi connectivity index (χ1) is 16.7. The Balaban J connectivity index is 1.51. The summed E-state index contributed by atoms with van der Waals surface area (Å²) >= 11 is 0. The van der Waals surface area contributed by atoms with Crippen LogP contribution in [-0.2, 0) is 19.1 Å². The van der Waals surface area contributed by atoms with E-state index in [1.165, 1.54) is 45.1 Å². The summed E-state index contributed by atoms with van der Waals surface area (Å²) in [5.74, 6) is 2.57. The Kier molecular flexibility index (Phi) is 7.74. The van der Waals surface area contributed by atoms with E-state index in [0.29, 0.717) is 36.5 Å². The van der Waals surface area contributed by atoms with Crippen LogP contribution in [0.1, 0.15) is 113 Å². The second-order valence-electron chi connectivity index (χ2n) is 13.8. The first-order valence-corrected chi connectivity index (χ1v) is 14.5. The van der Waals surface area contributed by atoms with Gasteiger partial charge in [-0.25, -0.2) is 0 Å². The molecule has 36 heavy (non-hydrogen) atoms. The van der Waals surface area contributed by atoms with Crippen molar-refractivity contribution in [1.82, 2.24) is 0 Å². The summed E-state index contributed by atoms with van der Waals surface area (Å²) in [6.45, 7) is 14.0. The zero-order chi connectivity index (χ0) is 26.5. The molecule has 204 valence electrons. The van der Waals surface area contributed by atoms with Gasteiger partial charge in [-0.05, 0) is 112 Å². The van der Waals surface area contributed by atoms with Crippen molar-refractivity contribution in [3.8, 4) is 0 Å². The molecule has 1 N–H and O–H groups in total. The van der Waals surface area contributed by atoms with Gasteiger partial charge in [-0.3, -0.25) is 9.59 Å². The number of ether oxygens (including phenoxy) is 2. The number of fused-ring (bicyclic) bond motifs is 5. The van der Waals surface area contributed by atoms with E-state index in [1.807, 2.05) is 13.8 Å². The van der Waals surface area contributed by atoms with E-state index in [-0.39, 0.29) is 40.9 Å². The van der Waals surface area contributed by atoms with Gasteiger partial charge in [0.2, 0.25) is 0 Å². The second kappa shape index (κ2) is 10.1. The highest BCUT2D eigenvalue weighted by Crippen LogP contribution is 2.67. The fraction of sp³-hybridized carbons (Fsp3) is 0.871. The van der Waals surface area contributed by atoms with Gasteiger partial charge in [-0.2, -0.15) is 0 Å². The molecule has 3 fully saturated rings. The highest BCUT2D eigenvalue weighted by molar-refractivity contribution is 5.66. The highest BCUT2D eigenvalue weighted by atomic mass is 16.5. The van der Waals surface area contributed by atoms with Gasteiger partial charge < -0.3 is 14.6 Å². The zero-order valence-electron chi connectivity index (χ0n) is 23.8. The minimum absolute atomic E-state index is 0.0473. The molecular formula is C31H50O5. The minimum Gasteiger partial charge on any atom is -0.462 e. The number of hydrogen-bond acceptors (Lipinski definition) is 5. The van der Waals surface area contributed by atoms with E-state index in [2.05, 4.69) is 26.8 Å². The van der Waals surface area contributed by atoms with Crippen molar-refractivity contribution in [1.29, 1.82) is 0 Å². The fourth-order valence-corrected chi connectivity index (χ4v) is 9.26. The molecule has 0 aromatic heterocycles. The Bertz CT molecular complexity index is 871. The Morgan fingerprint density at radius 1 is 1.08 bits per heavy atom. The molecule has 0 heterocycles. The van der Waals surface area contributed by atoms with Crippen LogP contribution in [0.15, 0.2) is 11.6 Å². The third kappa shape index (κ3) is 5.28. The molecule has 0 bridgehead atoms. The van der Waals surface area contributed by atoms with Crippen LogP contribution in [0, 0.1) is 40.4 Å². The molecule has 5 heteroatoms. The average molecular weight is 503 g/mol. The van der Waals surface area contributed by atoms with Gasteiger partial charge in [-0.15, -0.1) is 0 Å². The number of carbonyl (C=O) groups is 2. The topological polar surface area (TPSA) is 72.8 Å². The van der Waals surface area contributed by atoms with Gasteiger partial charge in [0.15, 0.2) is 0 Å². The summed E-state index contributed by atoms with van der Waals surface area (Å²) in [7, 11) is 0. The molecular weight excluding hydrogens is 452 g/mol. The first-order valence-electron chi connectivity index (χ1n) is 14.5. The number of allylic oxidation sites excluding steroid dienone is 1. The highest BCUT2D eigenvalue weighted by Gasteiger charge is 2.60. The summed E-state index contributed by atoms with van der Waals surface area (Å²) in [5, 5.41) is 10.3. The predicted molar refractivity (Wildman–Crippen MR) is 141 cm³/mol. The molecule has 0 aliphatic heterocycles. The van der Waals surface area contributed by atoms with Crippen molar-refractivity contribution in [2.45, 2.75) is 130 Å². The lowest BCUT2D eigenvalue weighted by Crippen LogP contribution is -2.51. The standard InChI is InChI=1S/C31H50O5/c1-19(28(36-21(3)33)14-15-29(4,5)34)25-10-11-26-24-9-8-22-18-23(35-20(2)32)12-16-30(22,6)27(24)13-17-31(25,26)7/h8,19,23-28,34H,9-18H2,1-7H3/t19-,23?,24-,25+,26-,27-,28?,30-,31+/m0/s1. The molecule has 0 saturated heterocycles. The molecule has 4 aliphatic rings. The fourth-order valence-electron chi connectivity index (χ4n) is 9.26. The number of aliphatic hydroxyl groups is 1. The van der Waals surface area contributed by atoms with Crippen LogP contribution in [0.4, 0.5) is 0 Å². The van der Waals surface area contributed by atoms with E-state index in [0.717, 1.165) is 25.7 Å². The SMILES string of the molecule is CC(=O)OC1CC[C@@]2(C)C(=CC[C@H]3[C@@H]4CC[C@H]([C@H](C)C(CCC(C)(C)O)OC(C)=O)[C@@]4(C)CC[C@@H]32)C1. The molecule has 3 saturated carbocycles. The van der Waals surface area contributed by atoms with Crippen molar-refractivity contribution in [2.24, 2.45) is 40.4 Å². The largest absolute Gasteiger partial charge is 0.462 e. The minimum atomic E-state index is -0.756. The van der Waals surface area contributed by atoms with E-state index in [1.54, 1.807) is 0 Å². The molecule has 0 radical (unpaired) electrons. The van der Waals surface area contributed by atoms with Crippen LogP contribution >= 0.6 is 0 Å². The van der Waals surface area contributed by atoms with E-state index in [9.17, 15) is 14.7 Å². The van der Waals surface area contributed by atoms with E-state index in [4.69, 9.17) is 9.47 Å². The van der Waals surface area contributed by atoms with Crippen molar-refractivity contribution < 1.29 is 24.2 Å². The smallest absolute Gasteiger partial charge is 0.302 e. The summed E-state index contributed by atoms with van der Waals surface area (Å²) in [4.78, 5) is 23.5. The number of carbonyl (C=O) groups excluding carboxylic acids is 2. The Morgan fingerprint density at radius 3 is 2.44 bits per heavy atom. The Morgan fingerprint density at radius 2 is 1.81 bits per heavy atom. The molecule has 5 nitrogen and oxygen atoms in total. The number of rotatable bonds is 7. The number of hydrogen-bond donors (Lipinski definition) is 1. The van der Waals surface area contributed by atoms with Crippen molar-refractivity contribution in [3.05, 3.63) is 11.6 Å². The molecule has 4 aliphatic carbocycles. The van der Waals surface area contributed by atoms with Gasteiger partial charge in [-0.1, -0.05) is 32.4 Å². The predicted octanol–water partition coefficient (Wildman–Crippen LogP) is 6.62. The maximum Gasteiger partial charge on any atom is 0.302 e. The molecule has 9 atom stereocenters. The lowest BCUT2D eigenvalue weighted by atomic mass is 9.47. The third-order valence-electron chi connectivity index (χ3n) is 11.0. The van der Waals surface area contributed by atoms with E-state index >= 15 is 0 Å². The molecule has 0 aromatic rings. The average Bonchev–Trinajstić information content (AvgIpc) is 3.12. The lowest BCUT2D eigenvalue weighted by Gasteiger charge is -2.58. The maximum atomic E-state index is 12.0. The summed E-state index contributed by atoms with van der Waals surface area (Å²) < 4.78 is 11.5. The molecule has 0 spiro atoms.